The van der Waals surface area contributed by atoms with E-state index in [4.69, 9.17) is 14.6 Å². The van der Waals surface area contributed by atoms with Crippen LogP contribution < -0.4 is 9.47 Å². The number of nitrogens with zero attached hydrogens (tertiary/aromatic N) is 2. The Balaban J connectivity index is 2.16. The molecule has 0 radical (unpaired) electrons. The molecule has 0 spiro atoms. The first-order valence-corrected chi connectivity index (χ1v) is 5.59. The Kier molecular flexibility index (Phi) is 3.97. The molecule has 19 heavy (non-hydrogen) atoms. The number of carboxylic acids is 1. The van der Waals surface area contributed by atoms with E-state index in [0.29, 0.717) is 23.9 Å². The van der Waals surface area contributed by atoms with Crippen LogP contribution in [0.2, 0.25) is 0 Å². The molecule has 0 amide bonds. The third-order valence-electron chi connectivity index (χ3n) is 2.25. The van der Waals surface area contributed by atoms with Gasteiger partial charge in [0, 0.05) is 0 Å². The number of hydrogen-bond donors (Lipinski definition) is 1. The maximum Gasteiger partial charge on any atom is 0.335 e. The van der Waals surface area contributed by atoms with Crippen LogP contribution in [0.15, 0.2) is 29.1 Å². The maximum absolute atomic E-state index is 10.9. The van der Waals surface area contributed by atoms with Gasteiger partial charge in [0.15, 0.2) is 18.1 Å². The molecule has 2 rings (SSSR count). The van der Waals surface area contributed by atoms with E-state index in [1.54, 1.807) is 6.92 Å². The summed E-state index contributed by atoms with van der Waals surface area (Å²) >= 11 is 0. The lowest BCUT2D eigenvalue weighted by molar-refractivity contribution is 0.0696. The molecular formula is C12H12N2O5. The second-order valence-electron chi connectivity index (χ2n) is 3.54. The van der Waals surface area contributed by atoms with Gasteiger partial charge in [-0.1, -0.05) is 5.16 Å². The molecule has 1 aromatic heterocycles. The van der Waals surface area contributed by atoms with E-state index in [-0.39, 0.29) is 12.2 Å². The number of carboxylic acid groups (broad SMARTS) is 1. The first kappa shape index (κ1) is 12.9. The molecule has 0 saturated heterocycles. The number of carbonyl (C=O) groups is 1. The van der Waals surface area contributed by atoms with Gasteiger partial charge in [0.05, 0.1) is 12.2 Å². The minimum absolute atomic E-state index is 0.114. The van der Waals surface area contributed by atoms with Gasteiger partial charge in [-0.3, -0.25) is 0 Å². The molecule has 0 unspecified atom stereocenters. The predicted molar refractivity (Wildman–Crippen MR) is 63.2 cm³/mol. The molecule has 0 aliphatic carbocycles. The fourth-order valence-electron chi connectivity index (χ4n) is 1.43. The van der Waals surface area contributed by atoms with Crippen molar-refractivity contribution in [1.29, 1.82) is 0 Å². The monoisotopic (exact) mass is 264 g/mol. The molecule has 0 atom stereocenters. The highest BCUT2D eigenvalue weighted by molar-refractivity contribution is 5.88. The molecule has 7 nitrogen and oxygen atoms in total. The molecule has 1 N–H and O–H groups in total. The Labute approximate surface area is 108 Å². The molecule has 2 aromatic rings. The van der Waals surface area contributed by atoms with E-state index in [1.807, 2.05) is 0 Å². The summed E-state index contributed by atoms with van der Waals surface area (Å²) in [5, 5.41) is 12.5. The average molecular weight is 264 g/mol. The van der Waals surface area contributed by atoms with Crippen molar-refractivity contribution in [3.05, 3.63) is 36.0 Å². The largest absolute Gasteiger partial charge is 0.490 e. The lowest BCUT2D eigenvalue weighted by Gasteiger charge is -2.11. The highest BCUT2D eigenvalue weighted by Gasteiger charge is 2.11. The van der Waals surface area contributed by atoms with Crippen LogP contribution >= 0.6 is 0 Å². The van der Waals surface area contributed by atoms with Crippen LogP contribution in [0.25, 0.3) is 0 Å². The summed E-state index contributed by atoms with van der Waals surface area (Å²) in [4.78, 5) is 14.7. The minimum atomic E-state index is -1.02. The molecule has 1 aromatic carbocycles. The lowest BCUT2D eigenvalue weighted by Crippen LogP contribution is -2.03. The van der Waals surface area contributed by atoms with Gasteiger partial charge in [-0.2, -0.15) is 4.98 Å². The molecule has 0 aliphatic rings. The Morgan fingerprint density at radius 3 is 2.84 bits per heavy atom. The molecule has 0 bridgehead atoms. The van der Waals surface area contributed by atoms with Gasteiger partial charge in [0.25, 0.3) is 0 Å². The van der Waals surface area contributed by atoms with Crippen LogP contribution in [-0.4, -0.2) is 27.8 Å². The smallest absolute Gasteiger partial charge is 0.335 e. The Hall–Kier alpha value is -2.57. The van der Waals surface area contributed by atoms with Crippen molar-refractivity contribution >= 4 is 5.97 Å². The van der Waals surface area contributed by atoms with Crippen molar-refractivity contribution in [2.45, 2.75) is 13.5 Å². The number of ether oxygens (including phenoxy) is 2. The van der Waals surface area contributed by atoms with E-state index < -0.39 is 5.97 Å². The summed E-state index contributed by atoms with van der Waals surface area (Å²) in [6.45, 7) is 2.32. The van der Waals surface area contributed by atoms with E-state index in [2.05, 4.69) is 14.7 Å². The molecular weight excluding hydrogens is 252 g/mol. The molecule has 100 valence electrons. The number of aromatic nitrogens is 2. The second-order valence-corrected chi connectivity index (χ2v) is 3.54. The molecule has 0 aliphatic heterocycles. The van der Waals surface area contributed by atoms with E-state index >= 15 is 0 Å². The number of rotatable bonds is 6. The number of benzene rings is 1. The third-order valence-corrected chi connectivity index (χ3v) is 2.25. The second kappa shape index (κ2) is 5.85. The predicted octanol–water partition coefficient (Wildman–Crippen LogP) is 1.75. The SMILES string of the molecule is CCOc1cc(C(=O)O)ccc1OCc1ncon1. The fourth-order valence-corrected chi connectivity index (χ4v) is 1.43. The zero-order valence-electron chi connectivity index (χ0n) is 10.2. The van der Waals surface area contributed by atoms with Crippen LogP contribution in [-0.2, 0) is 6.61 Å². The third kappa shape index (κ3) is 3.21. The van der Waals surface area contributed by atoms with E-state index in [9.17, 15) is 4.79 Å². The zero-order valence-corrected chi connectivity index (χ0v) is 10.2. The summed E-state index contributed by atoms with van der Waals surface area (Å²) in [6, 6.07) is 4.39. The van der Waals surface area contributed by atoms with Gasteiger partial charge in [-0.05, 0) is 25.1 Å². The van der Waals surface area contributed by atoms with E-state index in [0.717, 1.165) is 0 Å². The molecule has 7 heteroatoms. The summed E-state index contributed by atoms with van der Waals surface area (Å²) in [5.74, 6) is 0.165. The Morgan fingerprint density at radius 1 is 1.37 bits per heavy atom. The lowest BCUT2D eigenvalue weighted by atomic mass is 10.2. The first-order valence-electron chi connectivity index (χ1n) is 5.59. The van der Waals surface area contributed by atoms with Crippen LogP contribution in [0.3, 0.4) is 0 Å². The normalized spacial score (nSPS) is 10.2. The van der Waals surface area contributed by atoms with Crippen molar-refractivity contribution in [1.82, 2.24) is 10.1 Å². The van der Waals surface area contributed by atoms with Gasteiger partial charge in [-0.15, -0.1) is 0 Å². The van der Waals surface area contributed by atoms with Crippen molar-refractivity contribution in [2.75, 3.05) is 6.61 Å². The van der Waals surface area contributed by atoms with Gasteiger partial charge < -0.3 is 19.1 Å². The number of aromatic carboxylic acids is 1. The van der Waals surface area contributed by atoms with Crippen LogP contribution in [0.4, 0.5) is 0 Å². The van der Waals surface area contributed by atoms with Crippen LogP contribution in [0.5, 0.6) is 11.5 Å². The Bertz CT molecular complexity index is 553. The summed E-state index contributed by atoms with van der Waals surface area (Å²) < 4.78 is 15.4. The van der Waals surface area contributed by atoms with Crippen molar-refractivity contribution in [3.63, 3.8) is 0 Å². The van der Waals surface area contributed by atoms with Gasteiger partial charge in [-0.25, -0.2) is 4.79 Å². The molecule has 0 saturated carbocycles. The topological polar surface area (TPSA) is 94.7 Å². The quantitative estimate of drug-likeness (QED) is 0.849. The highest BCUT2D eigenvalue weighted by Crippen LogP contribution is 2.29. The minimum Gasteiger partial charge on any atom is -0.490 e. The zero-order chi connectivity index (χ0) is 13.7. The van der Waals surface area contributed by atoms with Gasteiger partial charge in [0.1, 0.15) is 0 Å². The standard InChI is InChI=1S/C12H12N2O5/c1-2-17-10-5-8(12(15)16)3-4-9(10)18-6-11-13-7-19-14-11/h3-5,7H,2,6H2,1H3,(H,15,16). The Morgan fingerprint density at radius 2 is 2.21 bits per heavy atom. The molecule has 1 heterocycles. The maximum atomic E-state index is 10.9. The summed E-state index contributed by atoms with van der Waals surface area (Å²) in [5.41, 5.74) is 0.135. The van der Waals surface area contributed by atoms with Crippen molar-refractivity contribution < 1.29 is 23.9 Å². The summed E-state index contributed by atoms with van der Waals surface area (Å²) in [7, 11) is 0. The highest BCUT2D eigenvalue weighted by atomic mass is 16.5. The van der Waals surface area contributed by atoms with E-state index in [1.165, 1.54) is 24.6 Å². The molecule has 0 fully saturated rings. The van der Waals surface area contributed by atoms with Crippen molar-refractivity contribution in [2.24, 2.45) is 0 Å². The van der Waals surface area contributed by atoms with Gasteiger partial charge >= 0.3 is 5.97 Å². The van der Waals surface area contributed by atoms with Gasteiger partial charge in [0.2, 0.25) is 12.2 Å². The fraction of sp³-hybridized carbons (Fsp3) is 0.250. The van der Waals surface area contributed by atoms with Crippen LogP contribution in [0.1, 0.15) is 23.1 Å². The summed E-state index contributed by atoms with van der Waals surface area (Å²) in [6.07, 6.45) is 1.20. The van der Waals surface area contributed by atoms with Crippen molar-refractivity contribution in [3.8, 4) is 11.5 Å². The average Bonchev–Trinajstić information content (AvgIpc) is 2.90. The van der Waals surface area contributed by atoms with Crippen LogP contribution in [0, 0.1) is 0 Å². The number of hydrogen-bond acceptors (Lipinski definition) is 6. The first-order chi connectivity index (χ1) is 9.20.